The fourth-order valence-electron chi connectivity index (χ4n) is 10.9. The summed E-state index contributed by atoms with van der Waals surface area (Å²) in [6.45, 7) is 8.85. The first-order valence-electron chi connectivity index (χ1n) is 22.8. The first kappa shape index (κ1) is 39.4. The minimum atomic E-state index is 0.253. The quantitative estimate of drug-likeness (QED) is 0.156. The largest absolute Gasteiger partial charge is 0.309 e. The third-order valence-corrected chi connectivity index (χ3v) is 13.8. The van der Waals surface area contributed by atoms with Crippen molar-refractivity contribution >= 4 is 71.1 Å². The Kier molecular flexibility index (Phi) is 8.92. The van der Waals surface area contributed by atoms with Crippen LogP contribution in [0.25, 0.3) is 121 Å². The molecule has 0 radical (unpaired) electrons. The van der Waals surface area contributed by atoms with Crippen LogP contribution >= 0.6 is 0 Å². The Morgan fingerprint density at radius 2 is 0.536 bits per heavy atom. The number of para-hydroxylation sites is 6. The molecule has 0 N–H and O–H groups in total. The van der Waals surface area contributed by atoms with Gasteiger partial charge in [-0.25, -0.2) is 4.85 Å². The normalized spacial score (nSPS) is 11.4. The second-order valence-corrected chi connectivity index (χ2v) is 17.3. The number of fused-ring (bicyclic) bond motifs is 9. The lowest BCUT2D eigenvalue weighted by Crippen LogP contribution is -2.01. The van der Waals surface area contributed by atoms with E-state index in [1.807, 2.05) is 36.4 Å². The highest BCUT2D eigenvalue weighted by atomic mass is 15.0. The van der Waals surface area contributed by atoms with Gasteiger partial charge in [-0.05, 0) is 89.5 Å². The van der Waals surface area contributed by atoms with E-state index in [-0.39, 0.29) is 16.8 Å². The van der Waals surface area contributed by atoms with Gasteiger partial charge in [0.05, 0.1) is 62.9 Å². The second kappa shape index (κ2) is 15.6. The van der Waals surface area contributed by atoms with E-state index in [1.165, 1.54) is 0 Å². The van der Waals surface area contributed by atoms with Crippen LogP contribution in [0, 0.1) is 29.2 Å². The monoisotopic (exact) mass is 876 g/mol. The molecule has 10 aromatic carbocycles. The van der Waals surface area contributed by atoms with E-state index in [4.69, 9.17) is 6.57 Å². The molecule has 6 heteroatoms. The van der Waals surface area contributed by atoms with Crippen molar-refractivity contribution in [1.29, 1.82) is 10.5 Å². The lowest BCUT2D eigenvalue weighted by molar-refractivity contribution is 1.18. The first-order chi connectivity index (χ1) is 34.1. The maximum Gasteiger partial charge on any atom is 0.205 e. The summed E-state index contributed by atoms with van der Waals surface area (Å²) in [6, 6.07) is 79.7. The van der Waals surface area contributed by atoms with Crippen LogP contribution < -0.4 is 0 Å². The summed E-state index contributed by atoms with van der Waals surface area (Å²) in [5.74, 6) is 0. The molecule has 13 aromatic rings. The molecule has 3 heterocycles. The molecule has 0 amide bonds. The van der Waals surface area contributed by atoms with Crippen LogP contribution in [0.2, 0.25) is 0 Å². The van der Waals surface area contributed by atoms with Gasteiger partial charge in [-0.1, -0.05) is 146 Å². The lowest BCUT2D eigenvalue weighted by atomic mass is 9.82. The van der Waals surface area contributed by atoms with E-state index < -0.39 is 0 Å². The smallest absolute Gasteiger partial charge is 0.205 e. The molecule has 0 aliphatic rings. The molecule has 69 heavy (non-hydrogen) atoms. The van der Waals surface area contributed by atoms with Crippen molar-refractivity contribution in [3.8, 4) is 62.6 Å². The number of nitrogens with zero attached hydrogens (tertiary/aromatic N) is 6. The summed E-state index contributed by atoms with van der Waals surface area (Å²) in [6.07, 6.45) is 0. The SMILES string of the molecule is [C-]#[N+]c1c(-c2ccc(-n3c4ccccc4c4ccccc43)cc2)c(C#N)c(-c2ccc(-n3c4ccccc4c4ccccc43)cc2)c(C#N)c1-c1ccc(-n2c3ccccc3c3ccccc32)cc1. The Morgan fingerprint density at radius 1 is 0.304 bits per heavy atom. The lowest BCUT2D eigenvalue weighted by Gasteiger charge is -2.20. The second-order valence-electron chi connectivity index (χ2n) is 17.3. The van der Waals surface area contributed by atoms with Crippen molar-refractivity contribution in [3.05, 3.63) is 241 Å². The average molecular weight is 877 g/mol. The average Bonchev–Trinajstić information content (AvgIpc) is 4.06. The molecular formula is C63H36N6. The minimum Gasteiger partial charge on any atom is -0.309 e. The van der Waals surface area contributed by atoms with E-state index in [0.29, 0.717) is 33.4 Å². The molecule has 0 saturated carbocycles. The van der Waals surface area contributed by atoms with Crippen molar-refractivity contribution in [2.45, 2.75) is 0 Å². The van der Waals surface area contributed by atoms with Gasteiger partial charge in [0.2, 0.25) is 5.69 Å². The zero-order chi connectivity index (χ0) is 46.2. The molecule has 0 spiro atoms. The van der Waals surface area contributed by atoms with Gasteiger partial charge in [0.1, 0.15) is 0 Å². The highest BCUT2D eigenvalue weighted by Gasteiger charge is 2.28. The summed E-state index contributed by atoms with van der Waals surface area (Å²) in [5, 5.41) is 29.7. The number of hydrogen-bond donors (Lipinski definition) is 0. The van der Waals surface area contributed by atoms with Gasteiger partial charge < -0.3 is 13.7 Å². The van der Waals surface area contributed by atoms with Crippen LogP contribution in [0.4, 0.5) is 5.69 Å². The standard InChI is InChI=1S/C63H36N6/c1-66-63-61(41-28-34-44(35-29-41)68-56-22-10-4-16-48(56)49-17-5-11-23-57(49)68)52(38-64)60(40-26-32-43(33-27-40)67-54-20-8-2-14-46(54)47-15-3-9-21-55(47)67)53(39-65)62(63)42-30-36-45(37-31-42)69-58-24-12-6-18-50(58)51-19-7-13-25-59(51)69/h2-37H. The Labute approximate surface area is 397 Å². The predicted octanol–water partition coefficient (Wildman–Crippen LogP) is 16.3. The highest BCUT2D eigenvalue weighted by Crippen LogP contribution is 2.50. The molecule has 0 bridgehead atoms. The fourth-order valence-corrected chi connectivity index (χ4v) is 10.9. The molecule has 0 saturated heterocycles. The number of rotatable bonds is 6. The van der Waals surface area contributed by atoms with E-state index >= 15 is 0 Å². The molecular weight excluding hydrogens is 841 g/mol. The summed E-state index contributed by atoms with van der Waals surface area (Å²) < 4.78 is 6.76. The molecule has 3 aromatic heterocycles. The predicted molar refractivity (Wildman–Crippen MR) is 281 cm³/mol. The van der Waals surface area contributed by atoms with E-state index in [0.717, 1.165) is 82.5 Å². The van der Waals surface area contributed by atoms with Gasteiger partial charge in [0, 0.05) is 66.1 Å². The zero-order valence-electron chi connectivity index (χ0n) is 37.0. The van der Waals surface area contributed by atoms with Crippen LogP contribution in [0.5, 0.6) is 0 Å². The number of hydrogen-bond acceptors (Lipinski definition) is 2. The van der Waals surface area contributed by atoms with E-state index in [2.05, 4.69) is 213 Å². The molecule has 0 atom stereocenters. The summed E-state index contributed by atoms with van der Waals surface area (Å²) in [4.78, 5) is 4.22. The topological polar surface area (TPSA) is 66.7 Å². The van der Waals surface area contributed by atoms with E-state index in [9.17, 15) is 10.5 Å². The maximum absolute atomic E-state index is 11.3. The molecule has 0 unspecified atom stereocenters. The minimum absolute atomic E-state index is 0.253. The summed E-state index contributed by atoms with van der Waals surface area (Å²) in [7, 11) is 0. The molecule has 6 nitrogen and oxygen atoms in total. The molecule has 0 fully saturated rings. The number of nitriles is 2. The van der Waals surface area contributed by atoms with Crippen molar-refractivity contribution in [2.75, 3.05) is 0 Å². The van der Waals surface area contributed by atoms with Gasteiger partial charge >= 0.3 is 0 Å². The first-order valence-corrected chi connectivity index (χ1v) is 22.8. The van der Waals surface area contributed by atoms with Crippen molar-refractivity contribution in [2.24, 2.45) is 0 Å². The van der Waals surface area contributed by atoms with Crippen LogP contribution in [-0.2, 0) is 0 Å². The Hall–Kier alpha value is -9.93. The number of benzene rings is 10. The fraction of sp³-hybridized carbons (Fsp3) is 0. The van der Waals surface area contributed by atoms with Crippen molar-refractivity contribution in [3.63, 3.8) is 0 Å². The maximum atomic E-state index is 11.3. The van der Waals surface area contributed by atoms with Gasteiger partial charge in [-0.3, -0.25) is 0 Å². The van der Waals surface area contributed by atoms with Crippen LogP contribution in [0.3, 0.4) is 0 Å². The molecule has 13 rings (SSSR count). The van der Waals surface area contributed by atoms with E-state index in [1.54, 1.807) is 0 Å². The van der Waals surface area contributed by atoms with Gasteiger partial charge in [-0.15, -0.1) is 0 Å². The number of aromatic nitrogens is 3. The summed E-state index contributed by atoms with van der Waals surface area (Å²) >= 11 is 0. The molecule has 318 valence electrons. The highest BCUT2D eigenvalue weighted by molar-refractivity contribution is 6.12. The Bertz CT molecular complexity index is 3740. The van der Waals surface area contributed by atoms with Crippen molar-refractivity contribution in [1.82, 2.24) is 13.7 Å². The van der Waals surface area contributed by atoms with Gasteiger partial charge in [-0.2, -0.15) is 10.5 Å². The summed E-state index contributed by atoms with van der Waals surface area (Å²) in [5.41, 5.74) is 13.8. The Morgan fingerprint density at radius 3 is 0.768 bits per heavy atom. The zero-order valence-corrected chi connectivity index (χ0v) is 37.0. The molecule has 0 aliphatic carbocycles. The van der Waals surface area contributed by atoms with Crippen LogP contribution in [0.15, 0.2) is 218 Å². The van der Waals surface area contributed by atoms with Crippen LogP contribution in [0.1, 0.15) is 11.1 Å². The van der Waals surface area contributed by atoms with Gasteiger partial charge in [0.25, 0.3) is 0 Å². The van der Waals surface area contributed by atoms with Crippen molar-refractivity contribution < 1.29 is 0 Å². The molecule has 0 aliphatic heterocycles. The third kappa shape index (κ3) is 5.89. The third-order valence-electron chi connectivity index (χ3n) is 13.8. The van der Waals surface area contributed by atoms with Gasteiger partial charge in [0.15, 0.2) is 0 Å². The van der Waals surface area contributed by atoms with Crippen LogP contribution in [-0.4, -0.2) is 13.7 Å². The Balaban J connectivity index is 1.03.